The molecule has 0 aliphatic carbocycles. The molecule has 0 amide bonds. The normalized spacial score (nSPS) is 48.7. The highest BCUT2D eigenvalue weighted by Gasteiger charge is 2.86. The number of ether oxygens (including phenoxy) is 3. The third kappa shape index (κ3) is 1.63. The highest BCUT2D eigenvalue weighted by molar-refractivity contribution is 7.96. The van der Waals surface area contributed by atoms with Crippen molar-refractivity contribution in [3.05, 3.63) is 0 Å². The third-order valence-corrected chi connectivity index (χ3v) is 8.28. The Balaban J connectivity index is 2.10. The van der Waals surface area contributed by atoms with Crippen LogP contribution < -0.4 is 0 Å². The molecule has 0 aromatic heterocycles. The van der Waals surface area contributed by atoms with Crippen LogP contribution in [0.5, 0.6) is 0 Å². The molecule has 3 aliphatic heterocycles. The zero-order chi connectivity index (χ0) is 16.8. The van der Waals surface area contributed by atoms with Gasteiger partial charge in [-0.25, -0.2) is 12.8 Å². The predicted octanol–water partition coefficient (Wildman–Crippen LogP) is -0.477. The number of alkyl halides is 1. The molecule has 3 fully saturated rings. The van der Waals surface area contributed by atoms with E-state index in [1.807, 2.05) is 20.8 Å². The molecular weight excluding hydrogens is 309 g/mol. The van der Waals surface area contributed by atoms with Gasteiger partial charge in [0.15, 0.2) is 17.1 Å². The Morgan fingerprint density at radius 3 is 2.45 bits per heavy atom. The fraction of sp³-hybridized carbons (Fsp3) is 1.00. The van der Waals surface area contributed by atoms with Crippen LogP contribution in [0.1, 0.15) is 34.6 Å². The third-order valence-electron chi connectivity index (χ3n) is 5.38. The monoisotopic (exact) mass is 332 g/mol. The van der Waals surface area contributed by atoms with Gasteiger partial charge in [-0.3, -0.25) is 0 Å². The van der Waals surface area contributed by atoms with Gasteiger partial charge in [0.25, 0.3) is 5.00 Å². The van der Waals surface area contributed by atoms with E-state index in [9.17, 15) is 8.42 Å². The summed E-state index contributed by atoms with van der Waals surface area (Å²) in [5, 5.41) is -2.52. The highest BCUT2D eigenvalue weighted by Crippen LogP contribution is 2.61. The van der Waals surface area contributed by atoms with Crippen molar-refractivity contribution < 1.29 is 27.0 Å². The van der Waals surface area contributed by atoms with E-state index < -0.39 is 48.8 Å². The van der Waals surface area contributed by atoms with Gasteiger partial charge in [-0.15, -0.1) is 0 Å². The minimum Gasteiger partial charge on any atom is -0.375 e. The zero-order valence-corrected chi connectivity index (χ0v) is 14.8. The van der Waals surface area contributed by atoms with E-state index in [0.717, 1.165) is 0 Å². The zero-order valence-electron chi connectivity index (χ0n) is 14.0. The summed E-state index contributed by atoms with van der Waals surface area (Å²) in [6.45, 7) is 8.43. The van der Waals surface area contributed by atoms with Crippen LogP contribution in [0.25, 0.3) is 0 Å². The smallest absolute Gasteiger partial charge is 0.256 e. The molecule has 0 N–H and O–H groups in total. The van der Waals surface area contributed by atoms with E-state index in [2.05, 4.69) is 0 Å². The Morgan fingerprint density at radius 2 is 1.91 bits per heavy atom. The summed E-state index contributed by atoms with van der Waals surface area (Å²) in [6.07, 6.45) is -0.505. The maximum atomic E-state index is 15.7. The quantitative estimate of drug-likeness (QED) is 0.607. The molecule has 0 aromatic rings. The second kappa shape index (κ2) is 4.10. The molecule has 3 aliphatic rings. The Kier molecular flexibility index (Phi) is 3.12. The molecule has 1 spiro atoms. The fourth-order valence-electron chi connectivity index (χ4n) is 4.19. The summed E-state index contributed by atoms with van der Waals surface area (Å²) in [6, 6.07) is 0. The maximum Gasteiger partial charge on any atom is 0.256 e. The van der Waals surface area contributed by atoms with Crippen LogP contribution in [-0.2, 0) is 24.0 Å². The Morgan fingerprint density at radius 1 is 1.32 bits per heavy atom. The van der Waals surface area contributed by atoms with E-state index in [1.165, 1.54) is 0 Å². The van der Waals surface area contributed by atoms with E-state index in [4.69, 9.17) is 14.2 Å². The summed E-state index contributed by atoms with van der Waals surface area (Å²) in [5.41, 5.74) is -3.07. The molecule has 3 saturated heterocycles. The maximum absolute atomic E-state index is 15.7. The molecule has 3 rings (SSSR count). The fourth-order valence-corrected chi connectivity index (χ4v) is 6.44. The van der Waals surface area contributed by atoms with E-state index in [0.29, 0.717) is 0 Å². The van der Waals surface area contributed by atoms with Crippen molar-refractivity contribution in [2.75, 3.05) is 13.2 Å². The highest BCUT2D eigenvalue weighted by atomic mass is 32.2. The van der Waals surface area contributed by atoms with Crippen LogP contribution in [0.15, 0.2) is 0 Å². The van der Waals surface area contributed by atoms with E-state index in [1.54, 1.807) is 21.7 Å². The number of rotatable bonds is 1. The van der Waals surface area contributed by atoms with Crippen LogP contribution >= 0.6 is 0 Å². The van der Waals surface area contributed by atoms with Crippen molar-refractivity contribution in [3.8, 4) is 0 Å². The molecule has 0 bridgehead atoms. The van der Waals surface area contributed by atoms with Gasteiger partial charge in [0, 0.05) is 4.65 Å². The average molecular weight is 332 g/mol. The Hall–Kier alpha value is -0.110. The lowest BCUT2D eigenvalue weighted by Crippen LogP contribution is -2.64. The van der Waals surface area contributed by atoms with Crippen molar-refractivity contribution in [1.82, 2.24) is 0 Å². The first-order chi connectivity index (χ1) is 9.73. The molecule has 0 radical (unpaired) electrons. The summed E-state index contributed by atoms with van der Waals surface area (Å²) in [7, 11) is -2.26. The standard InChI is InChI=1S/C13H23B2FO5S/c1-9(2,3)21-8-6-19-13-11(16,7-20-12(8,13)14)22(17,18)10(4,5)15-13/h8,15H,6-7,14H2,1-5H3/t8?,11?,12-,13-/m1/s1. The van der Waals surface area contributed by atoms with E-state index >= 15 is 4.39 Å². The summed E-state index contributed by atoms with van der Waals surface area (Å²) < 4.78 is 57.4. The molecule has 0 aromatic carbocycles. The van der Waals surface area contributed by atoms with Gasteiger partial charge in [-0.1, -0.05) is 13.8 Å². The van der Waals surface area contributed by atoms with Crippen LogP contribution in [0, 0.1) is 0 Å². The van der Waals surface area contributed by atoms with Crippen molar-refractivity contribution in [3.63, 3.8) is 0 Å². The van der Waals surface area contributed by atoms with Crippen LogP contribution in [0.2, 0.25) is 0 Å². The van der Waals surface area contributed by atoms with Gasteiger partial charge in [0.1, 0.15) is 19.5 Å². The van der Waals surface area contributed by atoms with Gasteiger partial charge in [0.05, 0.1) is 24.3 Å². The van der Waals surface area contributed by atoms with Crippen LogP contribution in [0.4, 0.5) is 4.39 Å². The number of hydrogen-bond acceptors (Lipinski definition) is 5. The molecular formula is C13H23B2FO5S. The van der Waals surface area contributed by atoms with Gasteiger partial charge < -0.3 is 14.2 Å². The molecule has 124 valence electrons. The molecule has 3 heterocycles. The molecule has 5 nitrogen and oxygen atoms in total. The van der Waals surface area contributed by atoms with E-state index in [-0.39, 0.29) is 13.9 Å². The van der Waals surface area contributed by atoms with Gasteiger partial charge in [-0.2, -0.15) is 0 Å². The van der Waals surface area contributed by atoms with Crippen molar-refractivity contribution in [1.29, 1.82) is 0 Å². The Labute approximate surface area is 132 Å². The first-order valence-electron chi connectivity index (χ1n) is 7.61. The van der Waals surface area contributed by atoms with Gasteiger partial charge in [-0.05, 0) is 20.8 Å². The molecule has 22 heavy (non-hydrogen) atoms. The minimum atomic E-state index is -4.04. The SMILES string of the molecule is B[C@]12OCC3(F)[C@@]1(BC(C)(C)S3(=O)=O)OCC2OC(C)(C)C. The first kappa shape index (κ1) is 16.7. The van der Waals surface area contributed by atoms with Crippen molar-refractivity contribution in [2.24, 2.45) is 0 Å². The Bertz CT molecular complexity index is 618. The lowest BCUT2D eigenvalue weighted by Gasteiger charge is -2.39. The lowest BCUT2D eigenvalue weighted by atomic mass is 9.43. The number of sulfone groups is 1. The van der Waals surface area contributed by atoms with Crippen LogP contribution in [-0.4, -0.2) is 69.1 Å². The van der Waals surface area contributed by atoms with Crippen molar-refractivity contribution in [2.45, 2.75) is 67.0 Å². The second-order valence-corrected chi connectivity index (χ2v) is 11.2. The van der Waals surface area contributed by atoms with Crippen LogP contribution in [0.3, 0.4) is 0 Å². The topological polar surface area (TPSA) is 61.8 Å². The summed E-state index contributed by atoms with van der Waals surface area (Å²) >= 11 is 0. The minimum absolute atomic E-state index is 0.0688. The molecule has 0 saturated carbocycles. The largest absolute Gasteiger partial charge is 0.375 e. The predicted molar refractivity (Wildman–Crippen MR) is 84.5 cm³/mol. The summed E-state index contributed by atoms with van der Waals surface area (Å²) in [5.74, 6) is 0. The summed E-state index contributed by atoms with van der Waals surface area (Å²) in [4.78, 5) is 0. The average Bonchev–Trinajstić information content (AvgIpc) is 2.75. The van der Waals surface area contributed by atoms with Gasteiger partial charge in [0.2, 0.25) is 0 Å². The molecule has 9 heteroatoms. The van der Waals surface area contributed by atoms with Crippen molar-refractivity contribution >= 4 is 25.0 Å². The molecule has 4 atom stereocenters. The first-order valence-corrected chi connectivity index (χ1v) is 9.10. The number of halogens is 1. The lowest BCUT2D eigenvalue weighted by molar-refractivity contribution is -0.118. The molecule has 2 unspecified atom stereocenters. The number of hydrogen-bond donors (Lipinski definition) is 0. The van der Waals surface area contributed by atoms with Gasteiger partial charge >= 0.3 is 0 Å². The second-order valence-electron chi connectivity index (χ2n) is 8.42.